The maximum atomic E-state index is 2.65. The first-order chi connectivity index (χ1) is 4.74. The molecule has 0 aliphatic carbocycles. The fourth-order valence-corrected chi connectivity index (χ4v) is 4.58. The molecule has 0 heterocycles. The fraction of sp³-hybridized carbons (Fsp3) is 1.00. The third-order valence-electron chi connectivity index (χ3n) is 2.16. The lowest BCUT2D eigenvalue weighted by molar-refractivity contribution is 0.490. The van der Waals surface area contributed by atoms with Gasteiger partial charge in [0, 0.05) is 9.52 Å². The molecule has 1 unspecified atom stereocenters. The van der Waals surface area contributed by atoms with Crippen LogP contribution in [0.2, 0.25) is 11.7 Å². The Labute approximate surface area is 69.9 Å². The highest BCUT2D eigenvalue weighted by atomic mass is 28.3. The van der Waals surface area contributed by atoms with Gasteiger partial charge in [-0.25, -0.2) is 0 Å². The van der Waals surface area contributed by atoms with Crippen LogP contribution >= 0.6 is 0 Å². The van der Waals surface area contributed by atoms with Gasteiger partial charge in [0.15, 0.2) is 0 Å². The molecule has 0 radical (unpaired) electrons. The smallest absolute Gasteiger partial charge is 0.0946 e. The highest BCUT2D eigenvalue weighted by molar-refractivity contribution is 6.56. The summed E-state index contributed by atoms with van der Waals surface area (Å²) >= 11 is 0. The van der Waals surface area contributed by atoms with Crippen molar-refractivity contribution in [2.75, 3.05) is 13.1 Å². The van der Waals surface area contributed by atoms with Crippen molar-refractivity contribution >= 4 is 19.2 Å². The lowest BCUT2D eigenvalue weighted by atomic mass is 10.7. The Kier molecular flexibility index (Phi) is 6.37. The van der Waals surface area contributed by atoms with Crippen LogP contribution in [0.3, 0.4) is 0 Å². The van der Waals surface area contributed by atoms with Gasteiger partial charge in [-0.2, -0.15) is 0 Å². The van der Waals surface area contributed by atoms with Crippen molar-refractivity contribution < 1.29 is 0 Å². The molecule has 3 heteroatoms. The normalized spacial score (nSPS) is 16.5. The Bertz CT molecular complexity index is 74.0. The van der Waals surface area contributed by atoms with E-state index in [9.17, 15) is 0 Å². The molecule has 0 saturated carbocycles. The minimum absolute atomic E-state index is 0.145. The van der Waals surface area contributed by atoms with Crippen LogP contribution in [0.15, 0.2) is 0 Å². The molecule has 0 aromatic rings. The van der Waals surface area contributed by atoms with Crippen molar-refractivity contribution in [2.24, 2.45) is 0 Å². The van der Waals surface area contributed by atoms with Gasteiger partial charge in [-0.1, -0.05) is 32.5 Å². The monoisotopic (exact) mass is 175 g/mol. The summed E-state index contributed by atoms with van der Waals surface area (Å²) in [7, 11) is 0.442. The third kappa shape index (κ3) is 4.25. The summed E-state index contributed by atoms with van der Waals surface area (Å²) in [6.45, 7) is 12.0. The Morgan fingerprint density at radius 3 is 2.10 bits per heavy atom. The van der Waals surface area contributed by atoms with Crippen molar-refractivity contribution in [3.63, 3.8) is 0 Å². The second-order valence-corrected chi connectivity index (χ2v) is 9.02. The van der Waals surface area contributed by atoms with E-state index < -0.39 is 0 Å². The van der Waals surface area contributed by atoms with Gasteiger partial charge in [0.25, 0.3) is 0 Å². The van der Waals surface area contributed by atoms with E-state index in [-0.39, 0.29) is 9.68 Å². The first-order valence-corrected chi connectivity index (χ1v) is 8.14. The third-order valence-corrected chi connectivity index (χ3v) is 8.10. The molecule has 0 aromatic heterocycles. The maximum Gasteiger partial charge on any atom is 0.0946 e. The van der Waals surface area contributed by atoms with E-state index in [1.165, 1.54) is 13.1 Å². The SMILES string of the molecule is CCN(CC)[SiH2]C(C)[SiH2]C. The molecular formula is C7H21NSi2. The van der Waals surface area contributed by atoms with E-state index in [1.807, 2.05) is 0 Å². The predicted molar refractivity (Wildman–Crippen MR) is 55.3 cm³/mol. The molecule has 62 valence electrons. The van der Waals surface area contributed by atoms with Crippen LogP contribution in [0.25, 0.3) is 0 Å². The topological polar surface area (TPSA) is 3.24 Å². The molecule has 0 fully saturated rings. The van der Waals surface area contributed by atoms with Gasteiger partial charge in [0.1, 0.15) is 0 Å². The van der Waals surface area contributed by atoms with Crippen LogP contribution in [0.1, 0.15) is 20.8 Å². The lowest BCUT2D eigenvalue weighted by Gasteiger charge is -2.20. The Balaban J connectivity index is 3.41. The molecule has 0 aliphatic rings. The number of hydrogen-bond acceptors (Lipinski definition) is 1. The Hall–Kier alpha value is 0.394. The van der Waals surface area contributed by atoms with E-state index in [4.69, 9.17) is 0 Å². The van der Waals surface area contributed by atoms with Gasteiger partial charge in [-0.05, 0) is 13.1 Å². The highest BCUT2D eigenvalue weighted by Crippen LogP contribution is 2.00. The van der Waals surface area contributed by atoms with E-state index >= 15 is 0 Å². The summed E-state index contributed by atoms with van der Waals surface area (Å²) in [5.41, 5.74) is 0. The van der Waals surface area contributed by atoms with Gasteiger partial charge in [0.2, 0.25) is 0 Å². The van der Waals surface area contributed by atoms with Crippen LogP contribution < -0.4 is 0 Å². The fourth-order valence-electron chi connectivity index (χ4n) is 1.05. The van der Waals surface area contributed by atoms with Crippen molar-refractivity contribution in [1.29, 1.82) is 0 Å². The molecule has 0 rings (SSSR count). The number of hydrogen-bond donors (Lipinski definition) is 0. The standard InChI is InChI=1S/C7H21NSi2/c1-5-8(6-2)10-7(3)9-4/h7H,5-6,9-10H2,1-4H3. The summed E-state index contributed by atoms with van der Waals surface area (Å²) in [5.74, 6) is 0. The molecule has 0 aromatic carbocycles. The van der Waals surface area contributed by atoms with Crippen LogP contribution in [-0.2, 0) is 0 Å². The number of rotatable bonds is 5. The van der Waals surface area contributed by atoms with Crippen molar-refractivity contribution in [2.45, 2.75) is 32.5 Å². The summed E-state index contributed by atoms with van der Waals surface area (Å²) in [6, 6.07) is 0. The van der Waals surface area contributed by atoms with Crippen LogP contribution in [0.4, 0.5) is 0 Å². The van der Waals surface area contributed by atoms with Gasteiger partial charge in [-0.3, -0.25) is 0 Å². The summed E-state index contributed by atoms with van der Waals surface area (Å²) < 4.78 is 2.65. The minimum atomic E-state index is 0.145. The first kappa shape index (κ1) is 10.4. The lowest BCUT2D eigenvalue weighted by Crippen LogP contribution is -2.30. The Morgan fingerprint density at radius 1 is 1.30 bits per heavy atom. The maximum absolute atomic E-state index is 2.65. The number of nitrogens with zero attached hydrogens (tertiary/aromatic N) is 1. The van der Waals surface area contributed by atoms with E-state index in [2.05, 4.69) is 31.9 Å². The molecule has 0 saturated heterocycles. The molecule has 1 atom stereocenters. The molecule has 0 aliphatic heterocycles. The zero-order valence-corrected chi connectivity index (χ0v) is 10.7. The van der Waals surface area contributed by atoms with Crippen LogP contribution in [0.5, 0.6) is 0 Å². The largest absolute Gasteiger partial charge is 0.330 e. The quantitative estimate of drug-likeness (QED) is 0.547. The van der Waals surface area contributed by atoms with E-state index in [0.29, 0.717) is 9.52 Å². The molecule has 0 bridgehead atoms. The summed E-state index contributed by atoms with van der Waals surface area (Å²) in [6.07, 6.45) is 0. The molecular weight excluding hydrogens is 154 g/mol. The summed E-state index contributed by atoms with van der Waals surface area (Å²) in [4.78, 5) is 0. The Morgan fingerprint density at radius 2 is 1.80 bits per heavy atom. The van der Waals surface area contributed by atoms with Gasteiger partial charge >= 0.3 is 0 Å². The highest BCUT2D eigenvalue weighted by Gasteiger charge is 2.04. The first-order valence-electron chi connectivity index (χ1n) is 4.46. The average molecular weight is 175 g/mol. The van der Waals surface area contributed by atoms with Crippen LogP contribution in [0, 0.1) is 0 Å². The second kappa shape index (κ2) is 6.13. The van der Waals surface area contributed by atoms with E-state index in [0.717, 1.165) is 5.16 Å². The second-order valence-electron chi connectivity index (χ2n) is 3.00. The molecule has 0 N–H and O–H groups in total. The average Bonchev–Trinajstić information content (AvgIpc) is 1.99. The zero-order valence-electron chi connectivity index (χ0n) is 7.85. The molecule has 1 nitrogen and oxygen atoms in total. The van der Waals surface area contributed by atoms with Gasteiger partial charge < -0.3 is 4.57 Å². The van der Waals surface area contributed by atoms with E-state index in [1.54, 1.807) is 0 Å². The van der Waals surface area contributed by atoms with Crippen molar-refractivity contribution in [3.8, 4) is 0 Å². The predicted octanol–water partition coefficient (Wildman–Crippen LogP) is 0.395. The molecule has 10 heavy (non-hydrogen) atoms. The van der Waals surface area contributed by atoms with Crippen LogP contribution in [-0.4, -0.2) is 36.9 Å². The molecule has 0 amide bonds. The molecule has 0 spiro atoms. The minimum Gasteiger partial charge on any atom is -0.330 e. The van der Waals surface area contributed by atoms with Gasteiger partial charge in [0.05, 0.1) is 9.68 Å². The van der Waals surface area contributed by atoms with Gasteiger partial charge in [-0.15, -0.1) is 0 Å². The van der Waals surface area contributed by atoms with Crippen molar-refractivity contribution in [3.05, 3.63) is 0 Å². The van der Waals surface area contributed by atoms with Crippen molar-refractivity contribution in [1.82, 2.24) is 4.57 Å². The zero-order chi connectivity index (χ0) is 7.98. The summed E-state index contributed by atoms with van der Waals surface area (Å²) in [5, 5.41) is 1.14.